The Morgan fingerprint density at radius 3 is 1.77 bits per heavy atom. The monoisotopic (exact) mass is 342 g/mol. The summed E-state index contributed by atoms with van der Waals surface area (Å²) in [6, 6.07) is 0. The van der Waals surface area contributed by atoms with Gasteiger partial charge in [0.1, 0.15) is 0 Å². The average Bonchev–Trinajstić information content (AvgIpc) is 1.83. The molecule has 0 amide bonds. The van der Waals surface area contributed by atoms with Crippen LogP contribution in [0.2, 0.25) is 0 Å². The van der Waals surface area contributed by atoms with Crippen LogP contribution in [0.3, 0.4) is 0 Å². The van der Waals surface area contributed by atoms with Gasteiger partial charge in [-0.25, -0.2) is 0 Å². The quantitative estimate of drug-likeness (QED) is 0.444. The number of rotatable bonds is 4. The molecule has 0 aliphatic carbocycles. The van der Waals surface area contributed by atoms with Gasteiger partial charge in [0.25, 0.3) is 0 Å². The highest BCUT2D eigenvalue weighted by atomic mass is 127. The maximum atomic E-state index is 12.0. The number of hydrogen-bond acceptors (Lipinski definition) is 4. The molecule has 0 rings (SSSR count). The third-order valence-electron chi connectivity index (χ3n) is 0.614. The van der Waals surface area contributed by atoms with E-state index in [0.717, 1.165) is 0 Å². The molecule has 0 fully saturated rings. The number of halogens is 6. The van der Waals surface area contributed by atoms with Crippen LogP contribution in [-0.2, 0) is 19.0 Å². The largest absolute Gasteiger partial charge is 0.444 e. The van der Waals surface area contributed by atoms with Gasteiger partial charge in [-0.1, -0.05) is 0 Å². The molecule has 0 aliphatic heterocycles. The van der Waals surface area contributed by atoms with Gasteiger partial charge in [-0.05, 0) is 8.91 Å². The molecule has 11 heteroatoms. The maximum absolute atomic E-state index is 12.0. The highest BCUT2D eigenvalue weighted by Crippen LogP contribution is 2.41. The number of hydrogen-bond donors (Lipinski definition) is 0. The summed E-state index contributed by atoms with van der Waals surface area (Å²) in [4.78, 5) is 0. The Balaban J connectivity index is 4.72. The first-order valence-electron chi connectivity index (χ1n) is 2.22. The second-order valence-corrected chi connectivity index (χ2v) is 4.03. The summed E-state index contributed by atoms with van der Waals surface area (Å²) >= 11 is -0.0751. The minimum absolute atomic E-state index is 0.0751. The van der Waals surface area contributed by atoms with Crippen LogP contribution in [0.5, 0.6) is 0 Å². The van der Waals surface area contributed by atoms with E-state index < -0.39 is 20.4 Å². The summed E-state index contributed by atoms with van der Waals surface area (Å²) in [6.45, 7) is 0. The van der Waals surface area contributed by atoms with E-state index in [1.54, 1.807) is 0 Å². The second-order valence-electron chi connectivity index (χ2n) is 1.57. The molecule has 0 heterocycles. The summed E-state index contributed by atoms with van der Waals surface area (Å²) in [6.07, 6.45) is -5.38. The molecule has 0 unspecified atom stereocenters. The van der Waals surface area contributed by atoms with Gasteiger partial charge in [0, 0.05) is 22.6 Å². The lowest BCUT2D eigenvalue weighted by atomic mass is 10.7. The highest BCUT2D eigenvalue weighted by Gasteiger charge is 2.59. The lowest BCUT2D eigenvalue weighted by molar-refractivity contribution is -0.266. The van der Waals surface area contributed by atoms with Crippen molar-refractivity contribution in [1.82, 2.24) is 0 Å². The molecule has 0 N–H and O–H groups in total. The molecule has 0 saturated carbocycles. The van der Waals surface area contributed by atoms with Crippen LogP contribution in [0.4, 0.5) is 22.1 Å². The Hall–Kier alpha value is 0.250. The molecule has 0 spiro atoms. The molecule has 0 radical (unpaired) electrons. The molecule has 0 bridgehead atoms. The average molecular weight is 342 g/mol. The molecule has 80 valence electrons. The summed E-state index contributed by atoms with van der Waals surface area (Å²) in [7, 11) is -5.76. The van der Waals surface area contributed by atoms with Crippen LogP contribution in [0.1, 0.15) is 0 Å². The molecule has 13 heavy (non-hydrogen) atoms. The van der Waals surface area contributed by atoms with Crippen molar-refractivity contribution < 1.29 is 39.1 Å². The van der Waals surface area contributed by atoms with Crippen molar-refractivity contribution in [3.05, 3.63) is 0 Å². The second kappa shape index (κ2) is 3.78. The molecule has 0 aromatic heterocycles. The van der Waals surface area contributed by atoms with Crippen LogP contribution in [0, 0.1) is 0 Å². The van der Waals surface area contributed by atoms with Gasteiger partial charge in [-0.3, -0.25) is 0 Å². The topological polar surface area (TPSA) is 52.6 Å². The maximum Gasteiger partial charge on any atom is 0.444 e. The smallest absolute Gasteiger partial charge is 0.185 e. The zero-order valence-electron chi connectivity index (χ0n) is 5.31. The van der Waals surface area contributed by atoms with E-state index >= 15 is 0 Å². The predicted molar refractivity (Wildman–Crippen MR) is 36.1 cm³/mol. The van der Waals surface area contributed by atoms with Crippen LogP contribution in [-0.4, -0.2) is 18.5 Å². The van der Waals surface area contributed by atoms with E-state index in [4.69, 9.17) is 0 Å². The molecule has 0 saturated heterocycles. The lowest BCUT2D eigenvalue weighted by Crippen LogP contribution is -2.39. The number of alkyl halides is 5. The summed E-state index contributed by atoms with van der Waals surface area (Å²) < 4.78 is 77.8. The van der Waals surface area contributed by atoms with Crippen LogP contribution in [0.15, 0.2) is 0 Å². The normalized spacial score (nSPS) is 14.6. The summed E-state index contributed by atoms with van der Waals surface area (Å²) in [5.41, 5.74) is 0. The predicted octanol–water partition coefficient (Wildman–Crippen LogP) is 1.77. The molecule has 0 aromatic rings. The zero-order chi connectivity index (χ0) is 10.9. The Bertz CT molecular complexity index is 269. The van der Waals surface area contributed by atoms with Crippen LogP contribution >= 0.6 is 22.6 Å². The first-order valence-corrected chi connectivity index (χ1v) is 4.63. The molecular weight excluding hydrogens is 342 g/mol. The fraction of sp³-hybridized carbons (Fsp3) is 1.00. The minimum Gasteiger partial charge on any atom is -0.185 e. The summed E-state index contributed by atoms with van der Waals surface area (Å²) in [5.74, 6) is 0. The fourth-order valence-corrected chi connectivity index (χ4v) is 0.835. The van der Waals surface area contributed by atoms with Crippen molar-refractivity contribution in [3.63, 3.8) is 0 Å². The van der Waals surface area contributed by atoms with E-state index in [9.17, 15) is 30.5 Å². The van der Waals surface area contributed by atoms with Crippen molar-refractivity contribution in [2.75, 3.05) is 0 Å². The molecule has 0 atom stereocenters. The highest BCUT2D eigenvalue weighted by molar-refractivity contribution is 14.1. The third-order valence-corrected chi connectivity index (χ3v) is 1.81. The van der Waals surface area contributed by atoms with E-state index in [0.29, 0.717) is 0 Å². The molecule has 4 nitrogen and oxygen atoms in total. The standard InChI is InChI=1S/C2F5IO4S/c3-1(4,8)2(5,6)11-13(9,10)12-7. The van der Waals surface area contributed by atoms with Gasteiger partial charge in [0.15, 0.2) is 0 Å². The van der Waals surface area contributed by atoms with E-state index in [-0.39, 0.29) is 22.6 Å². The third kappa shape index (κ3) is 3.86. The first kappa shape index (κ1) is 13.2. The fourth-order valence-electron chi connectivity index (χ4n) is 0.188. The first-order chi connectivity index (χ1) is 5.52. The Morgan fingerprint density at radius 2 is 1.54 bits per heavy atom. The molecule has 0 aromatic carbocycles. The SMILES string of the molecule is O=S(=O)(OF)OC(F)(F)C(F)(F)I. The summed E-state index contributed by atoms with van der Waals surface area (Å²) in [5, 5.41) is 0. The van der Waals surface area contributed by atoms with Crippen molar-refractivity contribution in [1.29, 1.82) is 0 Å². The van der Waals surface area contributed by atoms with Gasteiger partial charge < -0.3 is 0 Å². The van der Waals surface area contributed by atoms with Gasteiger partial charge in [0.2, 0.25) is 0 Å². The lowest BCUT2D eigenvalue weighted by Gasteiger charge is -2.18. The van der Waals surface area contributed by atoms with Gasteiger partial charge in [0.05, 0.1) is 0 Å². The van der Waals surface area contributed by atoms with Gasteiger partial charge in [-0.2, -0.15) is 30.2 Å². The Kier molecular flexibility index (Phi) is 3.85. The van der Waals surface area contributed by atoms with Crippen LogP contribution in [0.25, 0.3) is 0 Å². The van der Waals surface area contributed by atoms with E-state index in [2.05, 4.69) is 4.18 Å². The van der Waals surface area contributed by atoms with Crippen LogP contribution < -0.4 is 0 Å². The minimum atomic E-state index is -5.76. The molecular formula is C2F5IO4S. The van der Waals surface area contributed by atoms with E-state index in [1.165, 1.54) is 0 Å². The van der Waals surface area contributed by atoms with Crippen molar-refractivity contribution >= 4 is 33.0 Å². The van der Waals surface area contributed by atoms with Crippen molar-refractivity contribution in [3.8, 4) is 0 Å². The van der Waals surface area contributed by atoms with Gasteiger partial charge >= 0.3 is 20.4 Å². The zero-order valence-corrected chi connectivity index (χ0v) is 8.28. The molecule has 0 aliphatic rings. The van der Waals surface area contributed by atoms with Crippen molar-refractivity contribution in [2.45, 2.75) is 10.0 Å². The Labute approximate surface area is 82.4 Å². The van der Waals surface area contributed by atoms with Gasteiger partial charge in [-0.15, -0.1) is 0 Å². The van der Waals surface area contributed by atoms with E-state index in [1.807, 2.05) is 4.39 Å². The Morgan fingerprint density at radius 1 is 1.15 bits per heavy atom. The van der Waals surface area contributed by atoms with Crippen molar-refractivity contribution in [2.24, 2.45) is 0 Å².